The van der Waals surface area contributed by atoms with E-state index in [0.29, 0.717) is 24.3 Å². The largest absolute Gasteiger partial charge is 0.435 e. The molecule has 3 N–H and O–H groups in total. The molecule has 20 heavy (non-hydrogen) atoms. The highest BCUT2D eigenvalue weighted by atomic mass is 19.3. The van der Waals surface area contributed by atoms with Crippen molar-refractivity contribution in [3.8, 4) is 5.75 Å². The summed E-state index contributed by atoms with van der Waals surface area (Å²) in [4.78, 5) is 13.6. The lowest BCUT2D eigenvalue weighted by Gasteiger charge is -2.18. The van der Waals surface area contributed by atoms with E-state index in [-0.39, 0.29) is 17.8 Å². The first kappa shape index (κ1) is 14.5. The van der Waals surface area contributed by atoms with Gasteiger partial charge in [0, 0.05) is 24.8 Å². The van der Waals surface area contributed by atoms with Crippen LogP contribution in [0.5, 0.6) is 5.75 Å². The molecule has 0 aliphatic carbocycles. The Morgan fingerprint density at radius 3 is 2.85 bits per heavy atom. The monoisotopic (exact) mass is 285 g/mol. The molecule has 0 unspecified atom stereocenters. The Bertz CT molecular complexity index is 497. The minimum absolute atomic E-state index is 0.0173. The summed E-state index contributed by atoms with van der Waals surface area (Å²) in [7, 11) is 0. The van der Waals surface area contributed by atoms with Gasteiger partial charge in [0.1, 0.15) is 5.75 Å². The maximum atomic E-state index is 12.1. The molecule has 2 rings (SSSR count). The Kier molecular flexibility index (Phi) is 4.39. The van der Waals surface area contributed by atoms with Gasteiger partial charge in [0.25, 0.3) is 0 Å². The van der Waals surface area contributed by atoms with E-state index in [1.807, 2.05) is 0 Å². The zero-order chi connectivity index (χ0) is 14.7. The first-order valence-electron chi connectivity index (χ1n) is 6.32. The molecule has 1 heterocycles. The summed E-state index contributed by atoms with van der Waals surface area (Å²) >= 11 is 0. The maximum Gasteiger partial charge on any atom is 0.387 e. The van der Waals surface area contributed by atoms with E-state index in [0.717, 1.165) is 6.42 Å². The van der Waals surface area contributed by atoms with Gasteiger partial charge in [-0.25, -0.2) is 4.79 Å². The van der Waals surface area contributed by atoms with E-state index in [4.69, 9.17) is 5.73 Å². The molecule has 5 nitrogen and oxygen atoms in total. The van der Waals surface area contributed by atoms with Gasteiger partial charge in [-0.3, -0.25) is 0 Å². The van der Waals surface area contributed by atoms with Crippen LogP contribution in [-0.4, -0.2) is 36.7 Å². The number of likely N-dealkylation sites (tertiary alicyclic amines) is 1. The van der Waals surface area contributed by atoms with Crippen molar-refractivity contribution in [2.75, 3.05) is 18.4 Å². The van der Waals surface area contributed by atoms with Gasteiger partial charge in [0.15, 0.2) is 0 Å². The molecule has 0 aromatic heterocycles. The minimum Gasteiger partial charge on any atom is -0.435 e. The van der Waals surface area contributed by atoms with Crippen LogP contribution >= 0.6 is 0 Å². The molecule has 110 valence electrons. The van der Waals surface area contributed by atoms with Crippen LogP contribution in [0.4, 0.5) is 19.3 Å². The fourth-order valence-electron chi connectivity index (χ4n) is 2.12. The molecule has 1 aliphatic heterocycles. The Morgan fingerprint density at radius 2 is 2.30 bits per heavy atom. The summed E-state index contributed by atoms with van der Waals surface area (Å²) in [6, 6.07) is 4.18. The highest BCUT2D eigenvalue weighted by molar-refractivity contribution is 5.90. The van der Waals surface area contributed by atoms with Crippen LogP contribution in [-0.2, 0) is 0 Å². The Balaban J connectivity index is 2.00. The maximum absolute atomic E-state index is 12.1. The van der Waals surface area contributed by atoms with E-state index < -0.39 is 6.61 Å². The lowest BCUT2D eigenvalue weighted by Crippen LogP contribution is -2.35. The van der Waals surface area contributed by atoms with Crippen LogP contribution in [0.25, 0.3) is 0 Å². The van der Waals surface area contributed by atoms with Crippen molar-refractivity contribution < 1.29 is 18.3 Å². The second-order valence-corrected chi connectivity index (χ2v) is 4.78. The Labute approximate surface area is 115 Å². The van der Waals surface area contributed by atoms with Crippen molar-refractivity contribution in [3.05, 3.63) is 23.8 Å². The predicted molar refractivity (Wildman–Crippen MR) is 71.0 cm³/mol. The fourth-order valence-corrected chi connectivity index (χ4v) is 2.12. The van der Waals surface area contributed by atoms with Gasteiger partial charge in [-0.1, -0.05) is 0 Å². The van der Waals surface area contributed by atoms with Gasteiger partial charge < -0.3 is 20.7 Å². The van der Waals surface area contributed by atoms with Crippen molar-refractivity contribution in [2.24, 2.45) is 5.73 Å². The Hall–Kier alpha value is -1.89. The summed E-state index contributed by atoms with van der Waals surface area (Å²) in [5.74, 6) is 0.0682. The van der Waals surface area contributed by atoms with Gasteiger partial charge in [0.2, 0.25) is 0 Å². The number of carbonyl (C=O) groups excluding carboxylic acids is 1. The fraction of sp³-hybridized carbons (Fsp3) is 0.462. The highest BCUT2D eigenvalue weighted by Crippen LogP contribution is 2.23. The number of anilines is 1. The topological polar surface area (TPSA) is 67.6 Å². The number of hydrogen-bond acceptors (Lipinski definition) is 3. The quantitative estimate of drug-likeness (QED) is 0.894. The molecule has 1 fully saturated rings. The predicted octanol–water partition coefficient (Wildman–Crippen LogP) is 2.16. The number of carbonyl (C=O) groups is 1. The van der Waals surface area contributed by atoms with E-state index in [1.54, 1.807) is 17.9 Å². The number of amides is 2. The average Bonchev–Trinajstić information content (AvgIpc) is 2.78. The van der Waals surface area contributed by atoms with Crippen LogP contribution in [0.15, 0.2) is 18.2 Å². The van der Waals surface area contributed by atoms with Crippen molar-refractivity contribution in [2.45, 2.75) is 26.0 Å². The molecule has 1 atom stereocenters. The van der Waals surface area contributed by atoms with E-state index in [1.165, 1.54) is 12.1 Å². The van der Waals surface area contributed by atoms with Crippen LogP contribution in [0.2, 0.25) is 0 Å². The molecular weight excluding hydrogens is 268 g/mol. The lowest BCUT2D eigenvalue weighted by atomic mass is 10.2. The minimum atomic E-state index is -2.86. The number of nitrogens with one attached hydrogen (secondary N) is 1. The first-order chi connectivity index (χ1) is 9.45. The molecule has 1 aliphatic rings. The second-order valence-electron chi connectivity index (χ2n) is 4.78. The molecule has 1 aromatic carbocycles. The molecule has 0 bridgehead atoms. The number of benzene rings is 1. The van der Waals surface area contributed by atoms with Crippen LogP contribution in [0, 0.1) is 6.92 Å². The van der Waals surface area contributed by atoms with E-state index in [9.17, 15) is 13.6 Å². The molecule has 1 saturated heterocycles. The zero-order valence-corrected chi connectivity index (χ0v) is 11.1. The first-order valence-corrected chi connectivity index (χ1v) is 6.32. The number of rotatable bonds is 3. The van der Waals surface area contributed by atoms with E-state index in [2.05, 4.69) is 10.1 Å². The zero-order valence-electron chi connectivity index (χ0n) is 11.1. The lowest BCUT2D eigenvalue weighted by molar-refractivity contribution is -0.0498. The van der Waals surface area contributed by atoms with Gasteiger partial charge in [-0.2, -0.15) is 8.78 Å². The standard InChI is InChI=1S/C13H17F2N3O2/c1-8-6-10(20-12(14)15)2-3-11(8)17-13(19)18-5-4-9(16)7-18/h2-3,6,9,12H,4-5,7,16H2,1H3,(H,17,19)/t9-/m0/s1. The molecule has 1 aromatic rings. The molecule has 0 spiro atoms. The van der Waals surface area contributed by atoms with Crippen LogP contribution in [0.1, 0.15) is 12.0 Å². The van der Waals surface area contributed by atoms with Crippen molar-refractivity contribution in [3.63, 3.8) is 0 Å². The third-order valence-corrected chi connectivity index (χ3v) is 3.18. The summed E-state index contributed by atoms with van der Waals surface area (Å²) in [6.07, 6.45) is 0.785. The SMILES string of the molecule is Cc1cc(OC(F)F)ccc1NC(=O)N1CC[C@H](N)C1. The Morgan fingerprint density at radius 1 is 1.55 bits per heavy atom. The summed E-state index contributed by atoms with van der Waals surface area (Å²) in [6.45, 7) is 0.000605. The number of alkyl halides is 2. The summed E-state index contributed by atoms with van der Waals surface area (Å²) in [5, 5.41) is 2.74. The van der Waals surface area contributed by atoms with Gasteiger partial charge in [-0.15, -0.1) is 0 Å². The normalized spacial score (nSPS) is 18.4. The number of halogens is 2. The number of urea groups is 1. The van der Waals surface area contributed by atoms with Gasteiger partial charge in [-0.05, 0) is 37.1 Å². The number of nitrogens with two attached hydrogens (primary N) is 1. The number of hydrogen-bond donors (Lipinski definition) is 2. The van der Waals surface area contributed by atoms with Crippen molar-refractivity contribution in [1.82, 2.24) is 4.90 Å². The van der Waals surface area contributed by atoms with Gasteiger partial charge in [0.05, 0.1) is 0 Å². The van der Waals surface area contributed by atoms with Crippen LogP contribution < -0.4 is 15.8 Å². The third kappa shape index (κ3) is 3.57. The number of nitrogens with zero attached hydrogens (tertiary/aromatic N) is 1. The summed E-state index contributed by atoms with van der Waals surface area (Å²) in [5.41, 5.74) is 6.96. The summed E-state index contributed by atoms with van der Waals surface area (Å²) < 4.78 is 28.5. The van der Waals surface area contributed by atoms with Crippen molar-refractivity contribution >= 4 is 11.7 Å². The number of ether oxygens (including phenoxy) is 1. The van der Waals surface area contributed by atoms with Crippen LogP contribution in [0.3, 0.4) is 0 Å². The third-order valence-electron chi connectivity index (χ3n) is 3.18. The molecular formula is C13H17F2N3O2. The molecule has 0 radical (unpaired) electrons. The smallest absolute Gasteiger partial charge is 0.387 e. The number of aryl methyl sites for hydroxylation is 1. The molecule has 0 saturated carbocycles. The van der Waals surface area contributed by atoms with E-state index >= 15 is 0 Å². The molecule has 7 heteroatoms. The van der Waals surface area contributed by atoms with Gasteiger partial charge >= 0.3 is 12.6 Å². The average molecular weight is 285 g/mol. The second kappa shape index (κ2) is 6.04. The molecule has 2 amide bonds. The highest BCUT2D eigenvalue weighted by Gasteiger charge is 2.23. The van der Waals surface area contributed by atoms with Crippen molar-refractivity contribution in [1.29, 1.82) is 0 Å².